The first-order valence-electron chi connectivity index (χ1n) is 7.60. The molecule has 0 aliphatic rings. The zero-order chi connectivity index (χ0) is 15.3. The lowest BCUT2D eigenvalue weighted by atomic mass is 10.1. The molecule has 1 heterocycles. The third kappa shape index (κ3) is 4.36. The van der Waals surface area contributed by atoms with Crippen LogP contribution >= 0.6 is 0 Å². The van der Waals surface area contributed by atoms with E-state index in [1.165, 1.54) is 0 Å². The van der Waals surface area contributed by atoms with E-state index in [0.29, 0.717) is 11.8 Å². The van der Waals surface area contributed by atoms with Crippen LogP contribution in [0.2, 0.25) is 0 Å². The fraction of sp³-hybridized carbons (Fsp3) is 0.750. The Kier molecular flexibility index (Phi) is 6.24. The molecule has 4 heteroatoms. The fourth-order valence-electron chi connectivity index (χ4n) is 2.33. The van der Waals surface area contributed by atoms with Crippen molar-refractivity contribution in [3.63, 3.8) is 0 Å². The van der Waals surface area contributed by atoms with Crippen LogP contribution in [0.25, 0.3) is 0 Å². The van der Waals surface area contributed by atoms with Gasteiger partial charge >= 0.3 is 0 Å². The van der Waals surface area contributed by atoms with Crippen molar-refractivity contribution >= 4 is 12.1 Å². The molecule has 0 aliphatic carbocycles. The minimum Gasteiger partial charge on any atom is -0.356 e. The van der Waals surface area contributed by atoms with Crippen molar-refractivity contribution in [1.82, 2.24) is 9.78 Å². The van der Waals surface area contributed by atoms with Crippen LogP contribution in [0.5, 0.6) is 0 Å². The Bertz CT molecular complexity index is 423. The van der Waals surface area contributed by atoms with Crippen molar-refractivity contribution in [2.75, 3.05) is 18.0 Å². The number of hydrogen-bond donors (Lipinski definition) is 0. The van der Waals surface area contributed by atoms with Gasteiger partial charge in [-0.1, -0.05) is 27.7 Å². The number of aldehydes is 1. The summed E-state index contributed by atoms with van der Waals surface area (Å²) in [5, 5.41) is 4.40. The minimum atomic E-state index is 0.658. The number of nitrogens with zero attached hydrogens (tertiary/aromatic N) is 3. The van der Waals surface area contributed by atoms with Crippen LogP contribution in [0.4, 0.5) is 5.82 Å². The third-order valence-electron chi connectivity index (χ3n) is 3.61. The smallest absolute Gasteiger partial charge is 0.155 e. The molecule has 0 radical (unpaired) electrons. The second kappa shape index (κ2) is 7.46. The molecule has 0 aromatic carbocycles. The van der Waals surface area contributed by atoms with Crippen LogP contribution in [-0.2, 0) is 7.05 Å². The molecule has 0 saturated carbocycles. The second-order valence-electron chi connectivity index (χ2n) is 6.42. The molecule has 4 nitrogen and oxygen atoms in total. The number of carbonyl (C=O) groups excluding carboxylic acids is 1. The highest BCUT2D eigenvalue weighted by atomic mass is 16.1. The number of carbonyl (C=O) groups is 1. The molecule has 0 saturated heterocycles. The predicted octanol–water partition coefficient (Wildman–Crippen LogP) is 3.44. The zero-order valence-corrected chi connectivity index (χ0v) is 13.8. The van der Waals surface area contributed by atoms with Gasteiger partial charge in [-0.15, -0.1) is 0 Å². The Morgan fingerprint density at radius 1 is 1.15 bits per heavy atom. The molecule has 0 atom stereocenters. The summed E-state index contributed by atoms with van der Waals surface area (Å²) >= 11 is 0. The summed E-state index contributed by atoms with van der Waals surface area (Å²) in [7, 11) is 1.92. The van der Waals surface area contributed by atoms with E-state index < -0.39 is 0 Å². The van der Waals surface area contributed by atoms with Crippen LogP contribution in [-0.4, -0.2) is 29.2 Å². The van der Waals surface area contributed by atoms with Gasteiger partial charge in [0, 0.05) is 20.1 Å². The molecule has 0 bridgehead atoms. The zero-order valence-electron chi connectivity index (χ0n) is 13.8. The molecule has 0 aliphatic heterocycles. The molecular weight excluding hydrogens is 250 g/mol. The lowest BCUT2D eigenvalue weighted by Gasteiger charge is -2.27. The van der Waals surface area contributed by atoms with Crippen LogP contribution in [0.15, 0.2) is 0 Å². The summed E-state index contributed by atoms with van der Waals surface area (Å²) in [5.41, 5.74) is 1.55. The van der Waals surface area contributed by atoms with E-state index in [0.717, 1.165) is 49.3 Å². The molecule has 1 aromatic rings. The number of aryl methyl sites for hydroxylation is 2. The fourth-order valence-corrected chi connectivity index (χ4v) is 2.33. The molecule has 0 amide bonds. The average molecular weight is 279 g/mol. The molecule has 1 aromatic heterocycles. The Morgan fingerprint density at radius 3 is 2.05 bits per heavy atom. The highest BCUT2D eigenvalue weighted by molar-refractivity contribution is 5.84. The summed E-state index contributed by atoms with van der Waals surface area (Å²) in [6.45, 7) is 12.8. The monoisotopic (exact) mass is 279 g/mol. The van der Waals surface area contributed by atoms with Crippen LogP contribution in [0.1, 0.15) is 56.6 Å². The molecule has 1 rings (SSSR count). The molecule has 20 heavy (non-hydrogen) atoms. The van der Waals surface area contributed by atoms with E-state index in [-0.39, 0.29) is 0 Å². The van der Waals surface area contributed by atoms with Gasteiger partial charge < -0.3 is 4.90 Å². The van der Waals surface area contributed by atoms with Gasteiger partial charge in [-0.2, -0.15) is 5.10 Å². The van der Waals surface area contributed by atoms with Crippen molar-refractivity contribution in [1.29, 1.82) is 0 Å². The number of hydrogen-bond acceptors (Lipinski definition) is 3. The largest absolute Gasteiger partial charge is 0.356 e. The van der Waals surface area contributed by atoms with Crippen LogP contribution in [0.3, 0.4) is 0 Å². The molecule has 0 spiro atoms. The maximum atomic E-state index is 11.4. The lowest BCUT2D eigenvalue weighted by molar-refractivity contribution is 0.112. The summed E-state index contributed by atoms with van der Waals surface area (Å²) in [6.07, 6.45) is 3.19. The summed E-state index contributed by atoms with van der Waals surface area (Å²) in [4.78, 5) is 13.7. The number of aromatic nitrogens is 2. The summed E-state index contributed by atoms with van der Waals surface area (Å²) in [5.74, 6) is 2.29. The topological polar surface area (TPSA) is 38.1 Å². The van der Waals surface area contributed by atoms with Gasteiger partial charge in [-0.05, 0) is 31.6 Å². The van der Waals surface area contributed by atoms with Crippen molar-refractivity contribution in [2.45, 2.75) is 47.5 Å². The lowest BCUT2D eigenvalue weighted by Crippen LogP contribution is -2.30. The maximum Gasteiger partial charge on any atom is 0.155 e. The normalized spacial score (nSPS) is 11.4. The summed E-state index contributed by atoms with van der Waals surface area (Å²) < 4.78 is 1.85. The van der Waals surface area contributed by atoms with E-state index in [1.807, 2.05) is 18.7 Å². The predicted molar refractivity (Wildman–Crippen MR) is 84.5 cm³/mol. The Labute approximate surface area is 123 Å². The third-order valence-corrected chi connectivity index (χ3v) is 3.61. The van der Waals surface area contributed by atoms with E-state index in [4.69, 9.17) is 0 Å². The van der Waals surface area contributed by atoms with Gasteiger partial charge in [-0.25, -0.2) is 0 Å². The van der Waals surface area contributed by atoms with Crippen LogP contribution in [0, 0.1) is 18.8 Å². The highest BCUT2D eigenvalue weighted by Gasteiger charge is 2.19. The average Bonchev–Trinajstić information content (AvgIpc) is 2.63. The molecule has 0 N–H and O–H groups in total. The first-order valence-corrected chi connectivity index (χ1v) is 7.60. The van der Waals surface area contributed by atoms with E-state index >= 15 is 0 Å². The number of rotatable bonds is 8. The van der Waals surface area contributed by atoms with E-state index in [1.54, 1.807) is 0 Å². The second-order valence-corrected chi connectivity index (χ2v) is 6.42. The highest BCUT2D eigenvalue weighted by Crippen LogP contribution is 2.23. The Balaban J connectivity index is 2.99. The van der Waals surface area contributed by atoms with Gasteiger partial charge in [0.1, 0.15) is 5.82 Å². The van der Waals surface area contributed by atoms with Gasteiger partial charge in [0.25, 0.3) is 0 Å². The van der Waals surface area contributed by atoms with Crippen molar-refractivity contribution in [3.8, 4) is 0 Å². The van der Waals surface area contributed by atoms with Gasteiger partial charge in [0.05, 0.1) is 11.3 Å². The van der Waals surface area contributed by atoms with Crippen molar-refractivity contribution in [3.05, 3.63) is 11.3 Å². The van der Waals surface area contributed by atoms with E-state index in [9.17, 15) is 4.79 Å². The first kappa shape index (κ1) is 16.7. The maximum absolute atomic E-state index is 11.4. The molecule has 0 fully saturated rings. The van der Waals surface area contributed by atoms with Crippen molar-refractivity contribution < 1.29 is 4.79 Å². The molecule has 114 valence electrons. The minimum absolute atomic E-state index is 0.658. The van der Waals surface area contributed by atoms with Gasteiger partial charge in [0.2, 0.25) is 0 Å². The molecule has 0 unspecified atom stereocenters. The van der Waals surface area contributed by atoms with Gasteiger partial charge in [-0.3, -0.25) is 9.48 Å². The quantitative estimate of drug-likeness (QED) is 0.684. The van der Waals surface area contributed by atoms with Crippen molar-refractivity contribution in [2.24, 2.45) is 18.9 Å². The number of anilines is 1. The van der Waals surface area contributed by atoms with E-state index in [2.05, 4.69) is 37.7 Å². The first-order chi connectivity index (χ1) is 9.36. The van der Waals surface area contributed by atoms with Crippen LogP contribution < -0.4 is 4.90 Å². The Morgan fingerprint density at radius 2 is 1.65 bits per heavy atom. The van der Waals surface area contributed by atoms with Gasteiger partial charge in [0.15, 0.2) is 6.29 Å². The molecular formula is C16H29N3O. The summed E-state index contributed by atoms with van der Waals surface area (Å²) in [6, 6.07) is 0. The Hall–Kier alpha value is -1.32. The standard InChI is InChI=1S/C16H29N3O/c1-12(2)7-9-19(10-8-13(3)4)16-15(11-20)14(5)17-18(16)6/h11-13H,7-10H2,1-6H3. The SMILES string of the molecule is Cc1nn(C)c(N(CCC(C)C)CCC(C)C)c1C=O.